The van der Waals surface area contributed by atoms with Crippen molar-refractivity contribution < 1.29 is 14.3 Å². The monoisotopic (exact) mass is 395 g/mol. The molecule has 2 rings (SSSR count). The molecule has 0 heterocycles. The van der Waals surface area contributed by atoms with E-state index in [4.69, 9.17) is 27.9 Å². The van der Waals surface area contributed by atoms with Gasteiger partial charge in [0.25, 0.3) is 0 Å². The fourth-order valence-corrected chi connectivity index (χ4v) is 2.69. The van der Waals surface area contributed by atoms with Gasteiger partial charge in [-0.2, -0.15) is 0 Å². The smallest absolute Gasteiger partial charge is 0.246 e. The Hall–Kier alpha value is -2.44. The number of hydrogen-bond donors (Lipinski definition) is 3. The standard InChI is InChI=1S/C18H19Cl2N3O3/c1-10(18(25)23-15-6-4-12(19)8-14(15)20)21-16-9-13(22-11(2)24)5-7-17(16)26-3/h4-10,21H,1-3H3,(H,22,24)(H,23,25)/t10-/m1/s1. The summed E-state index contributed by atoms with van der Waals surface area (Å²) < 4.78 is 5.29. The molecular weight excluding hydrogens is 377 g/mol. The Bertz CT molecular complexity index is 827. The average Bonchev–Trinajstić information content (AvgIpc) is 2.57. The van der Waals surface area contributed by atoms with Gasteiger partial charge >= 0.3 is 0 Å². The van der Waals surface area contributed by atoms with Crippen molar-refractivity contribution >= 4 is 52.1 Å². The van der Waals surface area contributed by atoms with Gasteiger partial charge in [-0.1, -0.05) is 23.2 Å². The van der Waals surface area contributed by atoms with Crippen molar-refractivity contribution in [2.24, 2.45) is 0 Å². The largest absolute Gasteiger partial charge is 0.495 e. The number of halogens is 2. The van der Waals surface area contributed by atoms with Crippen LogP contribution in [0.3, 0.4) is 0 Å². The van der Waals surface area contributed by atoms with Gasteiger partial charge in [0, 0.05) is 17.6 Å². The van der Waals surface area contributed by atoms with Gasteiger partial charge in [-0.05, 0) is 43.3 Å². The quantitative estimate of drug-likeness (QED) is 0.676. The molecule has 0 fully saturated rings. The highest BCUT2D eigenvalue weighted by atomic mass is 35.5. The Kier molecular flexibility index (Phi) is 6.71. The van der Waals surface area contributed by atoms with Crippen molar-refractivity contribution in [3.05, 3.63) is 46.4 Å². The second-order valence-electron chi connectivity index (χ2n) is 5.58. The van der Waals surface area contributed by atoms with Crippen LogP contribution < -0.4 is 20.7 Å². The molecule has 0 radical (unpaired) electrons. The van der Waals surface area contributed by atoms with Crippen molar-refractivity contribution in [3.8, 4) is 5.75 Å². The molecule has 0 spiro atoms. The highest BCUT2D eigenvalue weighted by Gasteiger charge is 2.16. The zero-order chi connectivity index (χ0) is 19.3. The summed E-state index contributed by atoms with van der Waals surface area (Å²) in [6, 6.07) is 9.34. The summed E-state index contributed by atoms with van der Waals surface area (Å²) >= 11 is 11.9. The molecule has 138 valence electrons. The van der Waals surface area contributed by atoms with Crippen LogP contribution in [0.15, 0.2) is 36.4 Å². The molecule has 1 atom stereocenters. The van der Waals surface area contributed by atoms with Crippen molar-refractivity contribution in [2.75, 3.05) is 23.1 Å². The summed E-state index contributed by atoms with van der Waals surface area (Å²) in [6.07, 6.45) is 0. The maximum atomic E-state index is 12.4. The van der Waals surface area contributed by atoms with E-state index in [-0.39, 0.29) is 11.8 Å². The van der Waals surface area contributed by atoms with E-state index in [1.165, 1.54) is 14.0 Å². The van der Waals surface area contributed by atoms with Crippen LogP contribution in [0.2, 0.25) is 10.0 Å². The van der Waals surface area contributed by atoms with Gasteiger partial charge in [0.1, 0.15) is 11.8 Å². The third-order valence-electron chi connectivity index (χ3n) is 3.47. The molecule has 2 amide bonds. The van der Waals surface area contributed by atoms with Crippen LogP contribution in [-0.2, 0) is 9.59 Å². The normalized spacial score (nSPS) is 11.4. The summed E-state index contributed by atoms with van der Waals surface area (Å²) in [5.74, 6) is 0.0637. The maximum absolute atomic E-state index is 12.4. The van der Waals surface area contributed by atoms with Gasteiger partial charge in [0.05, 0.1) is 23.5 Å². The molecule has 0 saturated carbocycles. The number of nitrogens with one attached hydrogen (secondary N) is 3. The molecule has 26 heavy (non-hydrogen) atoms. The number of anilines is 3. The topological polar surface area (TPSA) is 79.5 Å². The number of ether oxygens (including phenoxy) is 1. The zero-order valence-electron chi connectivity index (χ0n) is 14.5. The third-order valence-corrected chi connectivity index (χ3v) is 4.02. The van der Waals surface area contributed by atoms with E-state index in [0.29, 0.717) is 32.9 Å². The molecule has 6 nitrogen and oxygen atoms in total. The SMILES string of the molecule is COc1ccc(NC(C)=O)cc1N[C@H](C)C(=O)Nc1ccc(Cl)cc1Cl. The minimum atomic E-state index is -0.594. The molecule has 0 bridgehead atoms. The minimum Gasteiger partial charge on any atom is -0.495 e. The van der Waals surface area contributed by atoms with E-state index in [1.807, 2.05) is 0 Å². The number of hydrogen-bond acceptors (Lipinski definition) is 4. The Morgan fingerprint density at radius 3 is 2.38 bits per heavy atom. The van der Waals surface area contributed by atoms with Crippen molar-refractivity contribution in [1.82, 2.24) is 0 Å². The van der Waals surface area contributed by atoms with Crippen LogP contribution in [0.1, 0.15) is 13.8 Å². The van der Waals surface area contributed by atoms with E-state index < -0.39 is 6.04 Å². The lowest BCUT2D eigenvalue weighted by Crippen LogP contribution is -2.32. The van der Waals surface area contributed by atoms with Crippen LogP contribution in [0, 0.1) is 0 Å². The lowest BCUT2D eigenvalue weighted by atomic mass is 10.2. The highest BCUT2D eigenvalue weighted by Crippen LogP contribution is 2.29. The fourth-order valence-electron chi connectivity index (χ4n) is 2.23. The molecule has 0 aliphatic carbocycles. The van der Waals surface area contributed by atoms with Crippen LogP contribution in [0.5, 0.6) is 5.75 Å². The number of amides is 2. The lowest BCUT2D eigenvalue weighted by Gasteiger charge is -2.18. The highest BCUT2D eigenvalue weighted by molar-refractivity contribution is 6.36. The fraction of sp³-hybridized carbons (Fsp3) is 0.222. The minimum absolute atomic E-state index is 0.190. The van der Waals surface area contributed by atoms with Crippen LogP contribution >= 0.6 is 23.2 Å². The summed E-state index contributed by atoms with van der Waals surface area (Å²) in [5.41, 5.74) is 1.63. The van der Waals surface area contributed by atoms with E-state index in [9.17, 15) is 9.59 Å². The summed E-state index contributed by atoms with van der Waals surface area (Å²) in [5, 5.41) is 9.33. The summed E-state index contributed by atoms with van der Waals surface area (Å²) in [6.45, 7) is 3.12. The molecule has 0 saturated heterocycles. The molecule has 8 heteroatoms. The first-order valence-corrected chi connectivity index (χ1v) is 8.54. The first-order valence-electron chi connectivity index (χ1n) is 7.78. The number of benzene rings is 2. The average molecular weight is 396 g/mol. The predicted octanol–water partition coefficient (Wildman–Crippen LogP) is 4.40. The first-order chi connectivity index (χ1) is 12.3. The van der Waals surface area contributed by atoms with Gasteiger partial charge in [0.15, 0.2) is 0 Å². The van der Waals surface area contributed by atoms with Gasteiger partial charge in [-0.15, -0.1) is 0 Å². The number of rotatable bonds is 6. The molecule has 2 aromatic rings. The van der Waals surface area contributed by atoms with Gasteiger partial charge in [-0.3, -0.25) is 9.59 Å². The second-order valence-corrected chi connectivity index (χ2v) is 6.42. The Labute approximate surface area is 161 Å². The molecule has 0 aromatic heterocycles. The van der Waals surface area contributed by atoms with Gasteiger partial charge in [-0.25, -0.2) is 0 Å². The van der Waals surface area contributed by atoms with E-state index >= 15 is 0 Å². The van der Waals surface area contributed by atoms with Crippen molar-refractivity contribution in [3.63, 3.8) is 0 Å². The molecule has 0 aliphatic heterocycles. The summed E-state index contributed by atoms with van der Waals surface area (Å²) in [7, 11) is 1.52. The number of carbonyl (C=O) groups is 2. The first kappa shape index (κ1) is 19.9. The Morgan fingerprint density at radius 2 is 1.77 bits per heavy atom. The van der Waals surface area contributed by atoms with Crippen molar-refractivity contribution in [1.29, 1.82) is 0 Å². The van der Waals surface area contributed by atoms with Crippen LogP contribution in [0.25, 0.3) is 0 Å². The van der Waals surface area contributed by atoms with Gasteiger partial charge < -0.3 is 20.7 Å². The van der Waals surface area contributed by atoms with Gasteiger partial charge in [0.2, 0.25) is 11.8 Å². The molecular formula is C18H19Cl2N3O3. The van der Waals surface area contributed by atoms with E-state index in [0.717, 1.165) is 0 Å². The number of methoxy groups -OCH3 is 1. The molecule has 0 aliphatic rings. The summed E-state index contributed by atoms with van der Waals surface area (Å²) in [4.78, 5) is 23.7. The Balaban J connectivity index is 2.13. The lowest BCUT2D eigenvalue weighted by molar-refractivity contribution is -0.116. The maximum Gasteiger partial charge on any atom is 0.246 e. The molecule has 2 aromatic carbocycles. The van der Waals surface area contributed by atoms with E-state index in [1.54, 1.807) is 43.3 Å². The zero-order valence-corrected chi connectivity index (χ0v) is 16.0. The van der Waals surface area contributed by atoms with Crippen LogP contribution in [-0.4, -0.2) is 25.0 Å². The predicted molar refractivity (Wildman–Crippen MR) is 105 cm³/mol. The Morgan fingerprint density at radius 1 is 1.04 bits per heavy atom. The number of carbonyl (C=O) groups excluding carboxylic acids is 2. The van der Waals surface area contributed by atoms with Crippen LogP contribution in [0.4, 0.5) is 17.1 Å². The second kappa shape index (κ2) is 8.78. The molecule has 0 unspecified atom stereocenters. The van der Waals surface area contributed by atoms with E-state index in [2.05, 4.69) is 16.0 Å². The molecule has 3 N–H and O–H groups in total. The van der Waals surface area contributed by atoms with Crippen molar-refractivity contribution in [2.45, 2.75) is 19.9 Å². The third kappa shape index (κ3) is 5.28.